The minimum atomic E-state index is -1.15. The second-order valence-corrected chi connectivity index (χ2v) is 16.6. The molecule has 20 heavy (non-hydrogen) atoms. The molecular weight excluding hydrogens is 313 g/mol. The second kappa shape index (κ2) is 10.4. The van der Waals surface area contributed by atoms with Crippen LogP contribution in [-0.4, -0.2) is 36.5 Å². The number of hydrogen-bond donors (Lipinski definition) is 4. The van der Waals surface area contributed by atoms with Gasteiger partial charge in [-0.3, -0.25) is 0 Å². The molecule has 1 heterocycles. The zero-order valence-electron chi connectivity index (χ0n) is 12.3. The van der Waals surface area contributed by atoms with E-state index in [-0.39, 0.29) is 0 Å². The van der Waals surface area contributed by atoms with E-state index in [0.717, 1.165) is 24.2 Å². The van der Waals surface area contributed by atoms with Crippen molar-refractivity contribution in [2.24, 2.45) is 0 Å². The first-order chi connectivity index (χ1) is 9.73. The summed E-state index contributed by atoms with van der Waals surface area (Å²) < 4.78 is 15.6. The largest absolute Gasteiger partial charge is 0.340 e. The molecule has 1 rings (SSSR count). The van der Waals surface area contributed by atoms with Crippen LogP contribution < -0.4 is 18.6 Å². The van der Waals surface area contributed by atoms with Crippen LogP contribution in [0.15, 0.2) is 50.6 Å². The van der Waals surface area contributed by atoms with Crippen molar-refractivity contribution >= 4 is 36.5 Å². The topological polar surface area (TPSA) is 48.1 Å². The van der Waals surface area contributed by atoms with E-state index in [0.29, 0.717) is 0 Å². The summed E-state index contributed by atoms with van der Waals surface area (Å²) in [4.78, 5) is 0. The van der Waals surface area contributed by atoms with E-state index in [1.165, 1.54) is 0 Å². The van der Waals surface area contributed by atoms with E-state index in [4.69, 9.17) is 0 Å². The minimum Gasteiger partial charge on any atom is -0.340 e. The van der Waals surface area contributed by atoms with Gasteiger partial charge in [0.2, 0.25) is 0 Å². The van der Waals surface area contributed by atoms with E-state index in [1.807, 2.05) is 24.3 Å². The molecule has 0 unspecified atom stereocenters. The van der Waals surface area contributed by atoms with Gasteiger partial charge in [0.05, 0.1) is 0 Å². The lowest BCUT2D eigenvalue weighted by Gasteiger charge is -2.35. The standard InChI is InChI=1S/C12H28N4Si4/c1-5-9-17-13-18(10-6-2)15-20(12-8-4)16-19(14-17)11-7-3/h5-8,13-20H,1-4,9-12H2. The predicted molar refractivity (Wildman–Crippen MR) is 101 cm³/mol. The maximum atomic E-state index is 3.91. The number of rotatable bonds is 8. The van der Waals surface area contributed by atoms with Crippen molar-refractivity contribution in [3.05, 3.63) is 50.6 Å². The van der Waals surface area contributed by atoms with E-state index in [1.54, 1.807) is 0 Å². The smallest absolute Gasteiger partial charge is 0.176 e. The van der Waals surface area contributed by atoms with E-state index < -0.39 is 36.5 Å². The Morgan fingerprint density at radius 1 is 0.500 bits per heavy atom. The van der Waals surface area contributed by atoms with Crippen molar-refractivity contribution in [2.45, 2.75) is 24.2 Å². The molecule has 112 valence electrons. The number of nitrogens with one attached hydrogen (secondary N) is 4. The highest BCUT2D eigenvalue weighted by Crippen LogP contribution is 2.00. The van der Waals surface area contributed by atoms with Crippen LogP contribution in [0.1, 0.15) is 0 Å². The molecule has 1 aliphatic rings. The number of allylic oxidation sites excluding steroid dienone is 4. The van der Waals surface area contributed by atoms with Gasteiger partial charge < -0.3 is 18.6 Å². The molecule has 0 atom stereocenters. The zero-order valence-corrected chi connectivity index (χ0v) is 16.9. The van der Waals surface area contributed by atoms with Crippen molar-refractivity contribution in [2.75, 3.05) is 0 Å². The van der Waals surface area contributed by atoms with Gasteiger partial charge in [0.25, 0.3) is 0 Å². The maximum Gasteiger partial charge on any atom is 0.176 e. The van der Waals surface area contributed by atoms with E-state index in [9.17, 15) is 0 Å². The third-order valence-electron chi connectivity index (χ3n) is 3.22. The van der Waals surface area contributed by atoms with Crippen molar-refractivity contribution in [1.29, 1.82) is 0 Å². The highest BCUT2D eigenvalue weighted by Gasteiger charge is 2.27. The van der Waals surface area contributed by atoms with E-state index >= 15 is 0 Å². The Balaban J connectivity index is 2.77. The first kappa shape index (κ1) is 17.7. The fourth-order valence-corrected chi connectivity index (χ4v) is 20.8. The predicted octanol–water partition coefficient (Wildman–Crippen LogP) is -0.0156. The highest BCUT2D eigenvalue weighted by molar-refractivity contribution is 6.87. The lowest BCUT2D eigenvalue weighted by atomic mass is 10.8. The molecule has 4 nitrogen and oxygen atoms in total. The Morgan fingerprint density at radius 3 is 0.850 bits per heavy atom. The average Bonchev–Trinajstić information content (AvgIpc) is 2.37. The molecule has 1 saturated heterocycles. The van der Waals surface area contributed by atoms with E-state index in [2.05, 4.69) is 44.9 Å². The fraction of sp³-hybridized carbons (Fsp3) is 0.333. The van der Waals surface area contributed by atoms with Crippen molar-refractivity contribution < 1.29 is 0 Å². The summed E-state index contributed by atoms with van der Waals surface area (Å²) in [5, 5.41) is 0. The summed E-state index contributed by atoms with van der Waals surface area (Å²) >= 11 is 0. The molecule has 0 bridgehead atoms. The normalized spacial score (nSPS) is 30.8. The van der Waals surface area contributed by atoms with Crippen LogP contribution in [0.3, 0.4) is 0 Å². The molecule has 0 spiro atoms. The van der Waals surface area contributed by atoms with Gasteiger partial charge in [0.15, 0.2) is 36.5 Å². The highest BCUT2D eigenvalue weighted by atomic mass is 28.4. The Bertz CT molecular complexity index is 267. The SMILES string of the molecule is C=CC[SiH]1N[SiH](CC=C)N[SiH](CC=C)N[SiH](CC=C)N1. The molecule has 1 fully saturated rings. The lowest BCUT2D eigenvalue weighted by molar-refractivity contribution is 1.11. The summed E-state index contributed by atoms with van der Waals surface area (Å²) in [7, 11) is -4.58. The van der Waals surface area contributed by atoms with Crippen LogP contribution in [0.2, 0.25) is 24.2 Å². The minimum absolute atomic E-state index is 1.08. The van der Waals surface area contributed by atoms with Gasteiger partial charge in [0, 0.05) is 0 Å². The van der Waals surface area contributed by atoms with Crippen LogP contribution in [0.4, 0.5) is 0 Å². The van der Waals surface area contributed by atoms with Gasteiger partial charge in [-0.05, 0) is 24.2 Å². The van der Waals surface area contributed by atoms with Gasteiger partial charge >= 0.3 is 0 Å². The quantitative estimate of drug-likeness (QED) is 0.371. The molecule has 0 radical (unpaired) electrons. The van der Waals surface area contributed by atoms with Gasteiger partial charge in [-0.15, -0.1) is 26.3 Å². The van der Waals surface area contributed by atoms with Gasteiger partial charge in [-0.25, -0.2) is 0 Å². The Hall–Kier alpha value is -0.332. The van der Waals surface area contributed by atoms with Crippen LogP contribution >= 0.6 is 0 Å². The van der Waals surface area contributed by atoms with Crippen LogP contribution in [0, 0.1) is 0 Å². The van der Waals surface area contributed by atoms with Crippen molar-refractivity contribution in [1.82, 2.24) is 18.6 Å². The molecule has 1 aliphatic heterocycles. The molecule has 0 amide bonds. The van der Waals surface area contributed by atoms with Crippen molar-refractivity contribution in [3.8, 4) is 0 Å². The molecule has 8 heteroatoms. The molecule has 4 N–H and O–H groups in total. The first-order valence-corrected chi connectivity index (χ1v) is 15.1. The Labute approximate surface area is 130 Å². The monoisotopic (exact) mass is 340 g/mol. The summed E-state index contributed by atoms with van der Waals surface area (Å²) in [5.41, 5.74) is 0. The lowest BCUT2D eigenvalue weighted by Crippen LogP contribution is -2.74. The average molecular weight is 341 g/mol. The van der Waals surface area contributed by atoms with Crippen molar-refractivity contribution in [3.63, 3.8) is 0 Å². The second-order valence-electron chi connectivity index (χ2n) is 4.97. The molecular formula is C12H28N4Si4. The summed E-state index contributed by atoms with van der Waals surface area (Å²) in [5.74, 6) is 0. The molecule has 0 aromatic heterocycles. The molecule has 0 saturated carbocycles. The van der Waals surface area contributed by atoms with Crippen LogP contribution in [0.5, 0.6) is 0 Å². The van der Waals surface area contributed by atoms with Gasteiger partial charge in [-0.1, -0.05) is 24.3 Å². The van der Waals surface area contributed by atoms with Crippen LogP contribution in [-0.2, 0) is 0 Å². The maximum absolute atomic E-state index is 3.91. The third-order valence-corrected chi connectivity index (χ3v) is 19.3. The molecule has 0 aliphatic carbocycles. The summed E-state index contributed by atoms with van der Waals surface area (Å²) in [6.07, 6.45) is 8.15. The first-order valence-electron chi connectivity index (χ1n) is 7.21. The van der Waals surface area contributed by atoms with Gasteiger partial charge in [-0.2, -0.15) is 0 Å². The summed E-state index contributed by atoms with van der Waals surface area (Å²) in [6, 6.07) is 4.33. The third kappa shape index (κ3) is 6.41. The van der Waals surface area contributed by atoms with Gasteiger partial charge in [0.1, 0.15) is 0 Å². The fourth-order valence-electron chi connectivity index (χ4n) is 2.37. The Morgan fingerprint density at radius 2 is 0.700 bits per heavy atom. The Kier molecular flexibility index (Phi) is 9.22. The zero-order chi connectivity index (χ0) is 14.8. The summed E-state index contributed by atoms with van der Waals surface area (Å²) in [6.45, 7) is 15.6. The molecule has 0 aromatic rings. The van der Waals surface area contributed by atoms with Crippen LogP contribution in [0.25, 0.3) is 0 Å². The molecule has 0 aromatic carbocycles. The number of hydrogen-bond acceptors (Lipinski definition) is 4.